The number of para-hydroxylation sites is 1. The van der Waals surface area contributed by atoms with Gasteiger partial charge in [-0.05, 0) is 43.2 Å². The molecule has 2 N–H and O–H groups in total. The van der Waals surface area contributed by atoms with E-state index < -0.39 is 11.6 Å². The summed E-state index contributed by atoms with van der Waals surface area (Å²) in [6.45, 7) is 3.52. The van der Waals surface area contributed by atoms with E-state index in [9.17, 15) is 13.6 Å². The van der Waals surface area contributed by atoms with E-state index in [0.29, 0.717) is 36.6 Å². The number of piperidine rings is 1. The molecule has 2 aliphatic heterocycles. The summed E-state index contributed by atoms with van der Waals surface area (Å²) >= 11 is 0. The number of benzene rings is 2. The quantitative estimate of drug-likeness (QED) is 0.847. The maximum atomic E-state index is 13.7. The highest BCUT2D eigenvalue weighted by Crippen LogP contribution is 2.35. The van der Waals surface area contributed by atoms with Gasteiger partial charge in [-0.15, -0.1) is 0 Å². The number of fused-ring (bicyclic) bond motifs is 1. The Morgan fingerprint density at radius 2 is 2.00 bits per heavy atom. The standard InChI is InChI=1S/C21H23F2N3O2/c1-2-28-19-6-4-3-5-14(19)21(27)26-10-9-18-15(12-26)20(25-24-18)13-7-8-16(22)17(23)11-13/h3-8,11,15,18,20,24-25H,2,9-10,12H2,1H3. The smallest absolute Gasteiger partial charge is 0.257 e. The molecular weight excluding hydrogens is 364 g/mol. The average molecular weight is 387 g/mol. The Morgan fingerprint density at radius 3 is 2.79 bits per heavy atom. The monoisotopic (exact) mass is 387 g/mol. The van der Waals surface area contributed by atoms with Gasteiger partial charge in [0, 0.05) is 25.0 Å². The zero-order valence-corrected chi connectivity index (χ0v) is 15.6. The highest BCUT2D eigenvalue weighted by Gasteiger charge is 2.42. The summed E-state index contributed by atoms with van der Waals surface area (Å²) in [5.74, 6) is -1.16. The summed E-state index contributed by atoms with van der Waals surface area (Å²) in [5, 5.41) is 0. The Morgan fingerprint density at radius 1 is 1.18 bits per heavy atom. The van der Waals surface area contributed by atoms with Crippen LogP contribution >= 0.6 is 0 Å². The van der Waals surface area contributed by atoms with Crippen LogP contribution in [0.15, 0.2) is 42.5 Å². The van der Waals surface area contributed by atoms with Gasteiger partial charge in [0.25, 0.3) is 5.91 Å². The van der Waals surface area contributed by atoms with Crippen LogP contribution in [0.4, 0.5) is 8.78 Å². The number of carbonyl (C=O) groups excluding carboxylic acids is 1. The zero-order valence-electron chi connectivity index (χ0n) is 15.6. The third-order valence-corrected chi connectivity index (χ3v) is 5.52. The van der Waals surface area contributed by atoms with Crippen LogP contribution in [0.5, 0.6) is 5.75 Å². The summed E-state index contributed by atoms with van der Waals surface area (Å²) in [6, 6.07) is 11.2. The van der Waals surface area contributed by atoms with Crippen LogP contribution in [0.3, 0.4) is 0 Å². The molecule has 28 heavy (non-hydrogen) atoms. The third kappa shape index (κ3) is 3.47. The second-order valence-corrected chi connectivity index (χ2v) is 7.18. The van der Waals surface area contributed by atoms with E-state index in [1.165, 1.54) is 6.07 Å². The molecule has 1 amide bonds. The Kier molecular flexibility index (Phi) is 5.28. The highest BCUT2D eigenvalue weighted by atomic mass is 19.2. The molecule has 2 fully saturated rings. The lowest BCUT2D eigenvalue weighted by atomic mass is 9.85. The van der Waals surface area contributed by atoms with Gasteiger partial charge in [0.05, 0.1) is 18.2 Å². The van der Waals surface area contributed by atoms with Crippen LogP contribution in [0, 0.1) is 17.6 Å². The molecule has 4 rings (SSSR count). The van der Waals surface area contributed by atoms with Gasteiger partial charge in [-0.3, -0.25) is 10.2 Å². The molecule has 3 atom stereocenters. The number of rotatable bonds is 4. The lowest BCUT2D eigenvalue weighted by Gasteiger charge is -2.36. The Hall–Kier alpha value is -2.51. The molecule has 0 aromatic heterocycles. The van der Waals surface area contributed by atoms with E-state index in [-0.39, 0.29) is 23.9 Å². The van der Waals surface area contributed by atoms with Crippen LogP contribution in [0.1, 0.15) is 35.3 Å². The molecule has 2 aromatic rings. The number of carbonyl (C=O) groups is 1. The molecule has 0 saturated carbocycles. The summed E-state index contributed by atoms with van der Waals surface area (Å²) in [4.78, 5) is 14.9. The molecule has 0 aliphatic carbocycles. The van der Waals surface area contributed by atoms with Crippen molar-refractivity contribution in [1.82, 2.24) is 15.8 Å². The number of nitrogens with zero attached hydrogens (tertiary/aromatic N) is 1. The first kappa shape index (κ1) is 18.8. The normalized spacial score (nSPS) is 24.1. The Labute approximate surface area is 162 Å². The van der Waals surface area contributed by atoms with Crippen molar-refractivity contribution in [2.45, 2.75) is 25.4 Å². The van der Waals surface area contributed by atoms with Crippen molar-refractivity contribution >= 4 is 5.91 Å². The lowest BCUT2D eigenvalue weighted by Crippen LogP contribution is -2.47. The molecule has 0 spiro atoms. The molecule has 7 heteroatoms. The van der Waals surface area contributed by atoms with Crippen LogP contribution in [0.2, 0.25) is 0 Å². The van der Waals surface area contributed by atoms with Gasteiger partial charge in [0.1, 0.15) is 5.75 Å². The van der Waals surface area contributed by atoms with Crippen LogP contribution in [-0.2, 0) is 0 Å². The number of hydrazine groups is 1. The first-order chi connectivity index (χ1) is 13.6. The molecule has 0 radical (unpaired) electrons. The van der Waals surface area contributed by atoms with Crippen molar-refractivity contribution < 1.29 is 18.3 Å². The SMILES string of the molecule is CCOc1ccccc1C(=O)N1CCC2NNC(c3ccc(F)c(F)c3)C2C1. The Bertz CT molecular complexity index is 876. The molecule has 2 aromatic carbocycles. The number of halogens is 2. The maximum absolute atomic E-state index is 13.7. The predicted molar refractivity (Wildman–Crippen MR) is 101 cm³/mol. The summed E-state index contributed by atoms with van der Waals surface area (Å²) < 4.78 is 32.6. The van der Waals surface area contributed by atoms with Crippen molar-refractivity contribution in [3.63, 3.8) is 0 Å². The van der Waals surface area contributed by atoms with Gasteiger partial charge < -0.3 is 9.64 Å². The van der Waals surface area contributed by atoms with E-state index >= 15 is 0 Å². The van der Waals surface area contributed by atoms with Crippen LogP contribution in [-0.4, -0.2) is 36.5 Å². The van der Waals surface area contributed by atoms with E-state index in [4.69, 9.17) is 4.74 Å². The number of hydrogen-bond donors (Lipinski definition) is 2. The van der Waals surface area contributed by atoms with Gasteiger partial charge in [-0.25, -0.2) is 14.2 Å². The lowest BCUT2D eigenvalue weighted by molar-refractivity contribution is 0.0648. The van der Waals surface area contributed by atoms with Gasteiger partial charge >= 0.3 is 0 Å². The average Bonchev–Trinajstić information content (AvgIpc) is 3.13. The summed E-state index contributed by atoms with van der Waals surface area (Å²) in [7, 11) is 0. The highest BCUT2D eigenvalue weighted by molar-refractivity contribution is 5.97. The first-order valence-corrected chi connectivity index (χ1v) is 9.55. The maximum Gasteiger partial charge on any atom is 0.257 e. The molecule has 2 heterocycles. The van der Waals surface area contributed by atoms with E-state index in [2.05, 4.69) is 10.9 Å². The fraction of sp³-hybridized carbons (Fsp3) is 0.381. The van der Waals surface area contributed by atoms with Crippen molar-refractivity contribution in [1.29, 1.82) is 0 Å². The van der Waals surface area contributed by atoms with Gasteiger partial charge in [-0.2, -0.15) is 0 Å². The molecule has 5 nitrogen and oxygen atoms in total. The number of likely N-dealkylation sites (tertiary alicyclic amines) is 1. The number of ether oxygens (including phenoxy) is 1. The Balaban J connectivity index is 1.55. The fourth-order valence-corrected chi connectivity index (χ4v) is 4.12. The van der Waals surface area contributed by atoms with Gasteiger partial charge in [0.2, 0.25) is 0 Å². The number of amides is 1. The minimum atomic E-state index is -0.864. The molecule has 2 saturated heterocycles. The zero-order chi connectivity index (χ0) is 19.7. The van der Waals surface area contributed by atoms with Crippen LogP contribution < -0.4 is 15.6 Å². The fourth-order valence-electron chi connectivity index (χ4n) is 4.12. The number of hydrogen-bond acceptors (Lipinski definition) is 4. The van der Waals surface area contributed by atoms with Crippen molar-refractivity contribution in [2.75, 3.05) is 19.7 Å². The van der Waals surface area contributed by atoms with Crippen molar-refractivity contribution in [2.24, 2.45) is 5.92 Å². The van der Waals surface area contributed by atoms with Gasteiger partial charge in [0.15, 0.2) is 11.6 Å². The molecule has 3 unspecified atom stereocenters. The van der Waals surface area contributed by atoms with Crippen LogP contribution in [0.25, 0.3) is 0 Å². The second kappa shape index (κ2) is 7.85. The number of nitrogens with one attached hydrogen (secondary N) is 2. The minimum absolute atomic E-state index is 0.0572. The van der Waals surface area contributed by atoms with Gasteiger partial charge in [-0.1, -0.05) is 18.2 Å². The summed E-state index contributed by atoms with van der Waals surface area (Å²) in [6.07, 6.45) is 0.778. The minimum Gasteiger partial charge on any atom is -0.493 e. The molecule has 0 bridgehead atoms. The third-order valence-electron chi connectivity index (χ3n) is 5.52. The van der Waals surface area contributed by atoms with Crippen molar-refractivity contribution in [3.05, 3.63) is 65.2 Å². The second-order valence-electron chi connectivity index (χ2n) is 7.18. The molecule has 148 valence electrons. The topological polar surface area (TPSA) is 53.6 Å². The van der Waals surface area contributed by atoms with E-state index in [0.717, 1.165) is 12.5 Å². The predicted octanol–water partition coefficient (Wildman–Crippen LogP) is 3.04. The van der Waals surface area contributed by atoms with E-state index in [1.807, 2.05) is 24.0 Å². The largest absolute Gasteiger partial charge is 0.493 e. The molecule has 2 aliphatic rings. The first-order valence-electron chi connectivity index (χ1n) is 9.55. The van der Waals surface area contributed by atoms with Crippen molar-refractivity contribution in [3.8, 4) is 5.75 Å². The molecular formula is C21H23F2N3O2. The summed E-state index contributed by atoms with van der Waals surface area (Å²) in [5.41, 5.74) is 7.65. The van der Waals surface area contributed by atoms with E-state index in [1.54, 1.807) is 18.2 Å².